The number of halogens is 1. The maximum Gasteiger partial charge on any atom is 0.179 e. The summed E-state index contributed by atoms with van der Waals surface area (Å²) in [5.74, 6) is 0.230. The second kappa shape index (κ2) is 4.13. The van der Waals surface area contributed by atoms with Crippen molar-refractivity contribution >= 4 is 25.8 Å². The lowest BCUT2D eigenvalue weighted by atomic mass is 9.95. The molecule has 0 spiro atoms. The highest BCUT2D eigenvalue weighted by Crippen LogP contribution is 2.40. The van der Waals surface area contributed by atoms with Crippen LogP contribution in [-0.4, -0.2) is 27.3 Å². The fraction of sp³-hybridized carbons (Fsp3) is 0.455. The van der Waals surface area contributed by atoms with E-state index in [0.717, 1.165) is 10.0 Å². The molecule has 2 atom stereocenters. The summed E-state index contributed by atoms with van der Waals surface area (Å²) < 4.78 is 24.9. The van der Waals surface area contributed by atoms with Crippen LogP contribution in [0.4, 0.5) is 0 Å². The van der Waals surface area contributed by atoms with Gasteiger partial charge >= 0.3 is 0 Å². The molecule has 1 N–H and O–H groups in total. The molecule has 0 fully saturated rings. The van der Waals surface area contributed by atoms with E-state index in [0.29, 0.717) is 4.90 Å². The van der Waals surface area contributed by atoms with E-state index in [2.05, 4.69) is 21.2 Å². The smallest absolute Gasteiger partial charge is 0.179 e. The Morgan fingerprint density at radius 2 is 2.19 bits per heavy atom. The van der Waals surface area contributed by atoms with E-state index in [-0.39, 0.29) is 17.7 Å². The SMILES string of the molecule is CNC(C)C1CS(=O)(=O)c2cccc(Br)c21. The quantitative estimate of drug-likeness (QED) is 0.908. The van der Waals surface area contributed by atoms with Gasteiger partial charge < -0.3 is 5.32 Å². The minimum Gasteiger partial charge on any atom is -0.317 e. The highest BCUT2D eigenvalue weighted by atomic mass is 79.9. The molecule has 0 aromatic heterocycles. The van der Waals surface area contributed by atoms with Gasteiger partial charge in [0.25, 0.3) is 0 Å². The summed E-state index contributed by atoms with van der Waals surface area (Å²) in [5, 5.41) is 3.13. The fourth-order valence-electron chi connectivity index (χ4n) is 2.15. The molecule has 5 heteroatoms. The van der Waals surface area contributed by atoms with Crippen molar-refractivity contribution < 1.29 is 8.42 Å². The number of nitrogens with one attached hydrogen (secondary N) is 1. The number of sulfone groups is 1. The number of likely N-dealkylation sites (N-methyl/N-ethyl adjacent to an activating group) is 1. The number of hydrogen-bond acceptors (Lipinski definition) is 3. The third kappa shape index (κ3) is 1.81. The Bertz CT molecular complexity index is 513. The molecule has 2 rings (SSSR count). The number of fused-ring (bicyclic) bond motifs is 1. The highest BCUT2D eigenvalue weighted by Gasteiger charge is 2.38. The van der Waals surface area contributed by atoms with Gasteiger partial charge in [-0.3, -0.25) is 0 Å². The summed E-state index contributed by atoms with van der Waals surface area (Å²) in [6.07, 6.45) is 0. The van der Waals surface area contributed by atoms with Crippen molar-refractivity contribution in [2.45, 2.75) is 23.8 Å². The predicted molar refractivity (Wildman–Crippen MR) is 67.5 cm³/mol. The Labute approximate surface area is 104 Å². The predicted octanol–water partition coefficient (Wildman–Crippen LogP) is 1.93. The fourth-order valence-corrected chi connectivity index (χ4v) is 4.93. The van der Waals surface area contributed by atoms with E-state index in [9.17, 15) is 8.42 Å². The molecular weight excluding hydrogens is 290 g/mol. The first-order valence-corrected chi connectivity index (χ1v) is 7.60. The lowest BCUT2D eigenvalue weighted by Gasteiger charge is -2.19. The van der Waals surface area contributed by atoms with Crippen LogP contribution in [0.5, 0.6) is 0 Å². The molecule has 1 aliphatic rings. The van der Waals surface area contributed by atoms with Crippen LogP contribution in [0.15, 0.2) is 27.6 Å². The molecule has 0 bridgehead atoms. The average Bonchev–Trinajstić information content (AvgIpc) is 2.52. The number of benzene rings is 1. The zero-order valence-corrected chi connectivity index (χ0v) is 11.6. The van der Waals surface area contributed by atoms with Crippen molar-refractivity contribution in [3.05, 3.63) is 28.2 Å². The van der Waals surface area contributed by atoms with E-state index < -0.39 is 9.84 Å². The van der Waals surface area contributed by atoms with Crippen molar-refractivity contribution in [1.82, 2.24) is 5.32 Å². The normalized spacial score (nSPS) is 24.1. The van der Waals surface area contributed by atoms with Crippen LogP contribution in [0.1, 0.15) is 18.4 Å². The molecular formula is C11H14BrNO2S. The Kier molecular flexibility index (Phi) is 3.11. The zero-order chi connectivity index (χ0) is 11.9. The number of hydrogen-bond donors (Lipinski definition) is 1. The summed E-state index contributed by atoms with van der Waals surface area (Å²) in [4.78, 5) is 0.481. The third-order valence-electron chi connectivity index (χ3n) is 3.18. The van der Waals surface area contributed by atoms with Crippen LogP contribution in [-0.2, 0) is 9.84 Å². The second-order valence-electron chi connectivity index (χ2n) is 4.12. The molecule has 0 radical (unpaired) electrons. The van der Waals surface area contributed by atoms with E-state index in [1.165, 1.54) is 0 Å². The van der Waals surface area contributed by atoms with Gasteiger partial charge in [0, 0.05) is 16.4 Å². The first-order chi connectivity index (χ1) is 7.47. The highest BCUT2D eigenvalue weighted by molar-refractivity contribution is 9.10. The average molecular weight is 304 g/mol. The summed E-state index contributed by atoms with van der Waals surface area (Å²) in [5.41, 5.74) is 0.921. The molecule has 1 aliphatic heterocycles. The molecule has 0 saturated heterocycles. The monoisotopic (exact) mass is 303 g/mol. The van der Waals surface area contributed by atoms with Crippen LogP contribution >= 0.6 is 15.9 Å². The molecule has 0 amide bonds. The van der Waals surface area contributed by atoms with Gasteiger partial charge in [0.15, 0.2) is 9.84 Å². The molecule has 3 nitrogen and oxygen atoms in total. The molecule has 16 heavy (non-hydrogen) atoms. The number of rotatable bonds is 2. The molecule has 0 saturated carbocycles. The Hall–Kier alpha value is -0.390. The standard InChI is InChI=1S/C11H14BrNO2S/c1-7(13-2)8-6-16(14,15)10-5-3-4-9(12)11(8)10/h3-5,7-8,13H,6H2,1-2H3. The van der Waals surface area contributed by atoms with Crippen LogP contribution in [0, 0.1) is 0 Å². The molecule has 1 aromatic carbocycles. The maximum atomic E-state index is 12.0. The van der Waals surface area contributed by atoms with Crippen LogP contribution in [0.25, 0.3) is 0 Å². The van der Waals surface area contributed by atoms with Crippen LogP contribution < -0.4 is 5.32 Å². The lowest BCUT2D eigenvalue weighted by molar-refractivity contribution is 0.523. The van der Waals surface area contributed by atoms with Crippen molar-refractivity contribution in [2.24, 2.45) is 0 Å². The van der Waals surface area contributed by atoms with Crippen LogP contribution in [0.2, 0.25) is 0 Å². The molecule has 2 unspecified atom stereocenters. The van der Waals surface area contributed by atoms with Gasteiger partial charge in [-0.25, -0.2) is 8.42 Å². The van der Waals surface area contributed by atoms with Gasteiger partial charge in [-0.05, 0) is 31.7 Å². The minimum absolute atomic E-state index is 0.0283. The molecule has 0 aliphatic carbocycles. The second-order valence-corrected chi connectivity index (χ2v) is 6.97. The molecule has 1 aromatic rings. The Balaban J connectivity index is 2.61. The Morgan fingerprint density at radius 1 is 1.50 bits per heavy atom. The van der Waals surface area contributed by atoms with Crippen molar-refractivity contribution in [1.29, 1.82) is 0 Å². The van der Waals surface area contributed by atoms with Gasteiger partial charge in [0.1, 0.15) is 0 Å². The van der Waals surface area contributed by atoms with Gasteiger partial charge in [0.05, 0.1) is 10.6 Å². The largest absolute Gasteiger partial charge is 0.317 e. The van der Waals surface area contributed by atoms with E-state index in [4.69, 9.17) is 0 Å². The van der Waals surface area contributed by atoms with E-state index in [1.807, 2.05) is 20.0 Å². The van der Waals surface area contributed by atoms with Gasteiger partial charge in [-0.1, -0.05) is 22.0 Å². The zero-order valence-electron chi connectivity index (χ0n) is 9.20. The summed E-state index contributed by atoms with van der Waals surface area (Å²) in [6.45, 7) is 2.01. The van der Waals surface area contributed by atoms with Gasteiger partial charge in [-0.15, -0.1) is 0 Å². The summed E-state index contributed by atoms with van der Waals surface area (Å²) >= 11 is 3.44. The van der Waals surface area contributed by atoms with E-state index in [1.54, 1.807) is 12.1 Å². The molecule has 88 valence electrons. The topological polar surface area (TPSA) is 46.2 Å². The van der Waals surface area contributed by atoms with Crippen molar-refractivity contribution in [3.63, 3.8) is 0 Å². The molecule has 1 heterocycles. The van der Waals surface area contributed by atoms with E-state index >= 15 is 0 Å². The summed E-state index contributed by atoms with van der Waals surface area (Å²) in [6, 6.07) is 5.51. The van der Waals surface area contributed by atoms with Gasteiger partial charge in [0.2, 0.25) is 0 Å². The van der Waals surface area contributed by atoms with Crippen LogP contribution in [0.3, 0.4) is 0 Å². The minimum atomic E-state index is -3.10. The van der Waals surface area contributed by atoms with Crippen molar-refractivity contribution in [3.8, 4) is 0 Å². The van der Waals surface area contributed by atoms with Crippen molar-refractivity contribution in [2.75, 3.05) is 12.8 Å². The maximum absolute atomic E-state index is 12.0. The Morgan fingerprint density at radius 3 is 2.81 bits per heavy atom. The van der Waals surface area contributed by atoms with Gasteiger partial charge in [-0.2, -0.15) is 0 Å². The first kappa shape index (κ1) is 12.1. The lowest BCUT2D eigenvalue weighted by Crippen LogP contribution is -2.30. The summed E-state index contributed by atoms with van der Waals surface area (Å²) in [7, 11) is -1.25. The third-order valence-corrected chi connectivity index (χ3v) is 5.69. The first-order valence-electron chi connectivity index (χ1n) is 5.16.